The van der Waals surface area contributed by atoms with Gasteiger partial charge in [-0.1, -0.05) is 18.6 Å². The fourth-order valence-electron chi connectivity index (χ4n) is 3.09. The maximum atomic E-state index is 2.40. The quantitative estimate of drug-likeness (QED) is 0.635. The SMILES string of the molecule is CCC1C(C)=Cc2c(C)c(C)c(C)c(C)c21.[Li+]. The molecule has 1 atom stereocenters. The van der Waals surface area contributed by atoms with E-state index >= 15 is 0 Å². The van der Waals surface area contributed by atoms with Crippen molar-refractivity contribution in [3.05, 3.63) is 39.0 Å². The summed E-state index contributed by atoms with van der Waals surface area (Å²) in [5.41, 5.74) is 10.6. The third-order valence-corrected chi connectivity index (χ3v) is 4.46. The van der Waals surface area contributed by atoms with E-state index in [2.05, 4.69) is 47.6 Å². The van der Waals surface area contributed by atoms with Crippen LogP contribution < -0.4 is 18.9 Å². The van der Waals surface area contributed by atoms with Crippen LogP contribution in [0.2, 0.25) is 0 Å². The summed E-state index contributed by atoms with van der Waals surface area (Å²) in [4.78, 5) is 0. The topological polar surface area (TPSA) is 0 Å². The summed E-state index contributed by atoms with van der Waals surface area (Å²) in [6.45, 7) is 13.6. The second-order valence-electron chi connectivity index (χ2n) is 5.18. The predicted molar refractivity (Wildman–Crippen MR) is 72.1 cm³/mol. The van der Waals surface area contributed by atoms with E-state index in [1.54, 1.807) is 5.56 Å². The molecular weight excluding hydrogens is 199 g/mol. The van der Waals surface area contributed by atoms with E-state index in [0.717, 1.165) is 0 Å². The van der Waals surface area contributed by atoms with Gasteiger partial charge in [-0.3, -0.25) is 0 Å². The minimum atomic E-state index is 0. The second-order valence-corrected chi connectivity index (χ2v) is 5.18. The van der Waals surface area contributed by atoms with Crippen molar-refractivity contribution in [3.8, 4) is 0 Å². The van der Waals surface area contributed by atoms with Gasteiger partial charge in [0.1, 0.15) is 0 Å². The number of allylic oxidation sites excluding steroid dienone is 1. The van der Waals surface area contributed by atoms with Gasteiger partial charge in [0, 0.05) is 5.92 Å². The molecular formula is C16H22Li+. The van der Waals surface area contributed by atoms with E-state index in [9.17, 15) is 0 Å². The van der Waals surface area contributed by atoms with E-state index in [1.165, 1.54) is 39.8 Å². The van der Waals surface area contributed by atoms with E-state index in [1.807, 2.05) is 0 Å². The van der Waals surface area contributed by atoms with Crippen LogP contribution in [0.1, 0.15) is 59.6 Å². The Morgan fingerprint density at radius 1 is 0.882 bits per heavy atom. The normalized spacial score (nSPS) is 17.5. The zero-order chi connectivity index (χ0) is 12.0. The van der Waals surface area contributed by atoms with Gasteiger partial charge in [-0.25, -0.2) is 0 Å². The molecule has 1 aromatic carbocycles. The molecule has 0 aliphatic heterocycles. The molecule has 1 aromatic rings. The van der Waals surface area contributed by atoms with E-state index in [-0.39, 0.29) is 18.9 Å². The van der Waals surface area contributed by atoms with Gasteiger partial charge in [0.05, 0.1) is 0 Å². The largest absolute Gasteiger partial charge is 1.00 e. The predicted octanol–water partition coefficient (Wildman–Crippen LogP) is 1.83. The minimum Gasteiger partial charge on any atom is -0.0652 e. The van der Waals surface area contributed by atoms with Crippen molar-refractivity contribution in [2.75, 3.05) is 0 Å². The van der Waals surface area contributed by atoms with Crippen molar-refractivity contribution in [2.24, 2.45) is 0 Å². The summed E-state index contributed by atoms with van der Waals surface area (Å²) in [6.07, 6.45) is 3.62. The number of hydrogen-bond acceptors (Lipinski definition) is 0. The first-order valence-corrected chi connectivity index (χ1v) is 6.27. The molecule has 0 fully saturated rings. The molecule has 0 nitrogen and oxygen atoms in total. The summed E-state index contributed by atoms with van der Waals surface area (Å²) >= 11 is 0. The molecule has 0 saturated carbocycles. The summed E-state index contributed by atoms with van der Waals surface area (Å²) in [5, 5.41) is 0. The van der Waals surface area contributed by atoms with Crippen LogP contribution in [-0.4, -0.2) is 0 Å². The third kappa shape index (κ3) is 2.03. The van der Waals surface area contributed by atoms with Crippen LogP contribution in [0.5, 0.6) is 0 Å². The van der Waals surface area contributed by atoms with Gasteiger partial charge >= 0.3 is 18.9 Å². The molecule has 0 heterocycles. The zero-order valence-electron chi connectivity index (χ0n) is 12.4. The maximum absolute atomic E-state index is 2.40. The van der Waals surface area contributed by atoms with E-state index in [0.29, 0.717) is 5.92 Å². The van der Waals surface area contributed by atoms with Crippen LogP contribution in [0, 0.1) is 27.7 Å². The van der Waals surface area contributed by atoms with Crippen molar-refractivity contribution in [3.63, 3.8) is 0 Å². The smallest absolute Gasteiger partial charge is 0.0652 e. The van der Waals surface area contributed by atoms with Crippen molar-refractivity contribution in [2.45, 2.75) is 53.9 Å². The van der Waals surface area contributed by atoms with Crippen LogP contribution in [0.25, 0.3) is 6.08 Å². The fraction of sp³-hybridized carbons (Fsp3) is 0.500. The molecule has 17 heavy (non-hydrogen) atoms. The number of fused-ring (bicyclic) bond motifs is 1. The van der Waals surface area contributed by atoms with Crippen LogP contribution >= 0.6 is 0 Å². The first-order valence-electron chi connectivity index (χ1n) is 6.27. The Hall–Kier alpha value is -0.443. The third-order valence-electron chi connectivity index (χ3n) is 4.46. The Balaban J connectivity index is 0.00000144. The minimum absolute atomic E-state index is 0. The molecule has 1 unspecified atom stereocenters. The Labute approximate surface area is 118 Å². The van der Waals surface area contributed by atoms with E-state index < -0.39 is 0 Å². The molecule has 0 saturated heterocycles. The average molecular weight is 221 g/mol. The van der Waals surface area contributed by atoms with E-state index in [4.69, 9.17) is 0 Å². The molecule has 0 amide bonds. The standard InChI is InChI=1S/C16H22.Li/c1-7-14-9(2)8-15-12(5)10(3)11(4)13(6)16(14)15;/h8,14H,7H2,1-6H3;/q;+1. The van der Waals surface area contributed by atoms with Gasteiger partial charge in [0.15, 0.2) is 0 Å². The van der Waals surface area contributed by atoms with Crippen molar-refractivity contribution in [1.29, 1.82) is 0 Å². The van der Waals surface area contributed by atoms with Gasteiger partial charge in [-0.05, 0) is 74.4 Å². The van der Waals surface area contributed by atoms with Gasteiger partial charge in [0.25, 0.3) is 0 Å². The molecule has 0 spiro atoms. The van der Waals surface area contributed by atoms with Crippen LogP contribution in [0.3, 0.4) is 0 Å². The molecule has 0 N–H and O–H groups in total. The summed E-state index contributed by atoms with van der Waals surface area (Å²) < 4.78 is 0. The average Bonchev–Trinajstić information content (AvgIpc) is 2.60. The molecule has 1 aliphatic rings. The van der Waals surface area contributed by atoms with Crippen molar-refractivity contribution >= 4 is 6.08 Å². The maximum Gasteiger partial charge on any atom is 1.00 e. The summed E-state index contributed by atoms with van der Waals surface area (Å²) in [5.74, 6) is 0.660. The fourth-order valence-corrected chi connectivity index (χ4v) is 3.09. The van der Waals surface area contributed by atoms with Gasteiger partial charge in [-0.15, -0.1) is 0 Å². The molecule has 0 radical (unpaired) electrons. The first kappa shape index (κ1) is 14.6. The molecule has 0 bridgehead atoms. The number of benzene rings is 1. The van der Waals surface area contributed by atoms with Crippen LogP contribution in [0.15, 0.2) is 5.57 Å². The number of hydrogen-bond donors (Lipinski definition) is 0. The molecule has 0 aromatic heterocycles. The van der Waals surface area contributed by atoms with Crippen LogP contribution in [-0.2, 0) is 0 Å². The van der Waals surface area contributed by atoms with Gasteiger partial charge < -0.3 is 0 Å². The van der Waals surface area contributed by atoms with Gasteiger partial charge in [-0.2, -0.15) is 0 Å². The van der Waals surface area contributed by atoms with Crippen molar-refractivity contribution in [1.82, 2.24) is 0 Å². The molecule has 1 aliphatic carbocycles. The first-order chi connectivity index (χ1) is 7.49. The summed E-state index contributed by atoms with van der Waals surface area (Å²) in [7, 11) is 0. The Morgan fingerprint density at radius 2 is 1.41 bits per heavy atom. The Morgan fingerprint density at radius 3 is 1.94 bits per heavy atom. The Kier molecular flexibility index (Phi) is 4.34. The monoisotopic (exact) mass is 221 g/mol. The van der Waals surface area contributed by atoms with Crippen molar-refractivity contribution < 1.29 is 18.9 Å². The summed E-state index contributed by atoms with van der Waals surface area (Å²) in [6, 6.07) is 0. The molecule has 2 rings (SSSR count). The molecule has 1 heteroatoms. The second kappa shape index (κ2) is 5.05. The van der Waals surface area contributed by atoms with Gasteiger partial charge in [0.2, 0.25) is 0 Å². The van der Waals surface area contributed by atoms with Crippen LogP contribution in [0.4, 0.5) is 0 Å². The number of rotatable bonds is 1. The zero-order valence-corrected chi connectivity index (χ0v) is 12.4. The Bertz CT molecular complexity index is 481. The molecule has 86 valence electrons.